The highest BCUT2D eigenvalue weighted by Crippen LogP contribution is 2.29. The summed E-state index contributed by atoms with van der Waals surface area (Å²) >= 11 is 0. The fourth-order valence-electron chi connectivity index (χ4n) is 3.11. The number of amides is 1. The third kappa shape index (κ3) is 4.39. The Kier molecular flexibility index (Phi) is 5.60. The first-order valence-electron chi connectivity index (χ1n) is 7.90. The van der Waals surface area contributed by atoms with Crippen molar-refractivity contribution in [1.29, 1.82) is 0 Å². The molecule has 0 saturated carbocycles. The Bertz CT molecular complexity index is 354. The van der Waals surface area contributed by atoms with Crippen LogP contribution in [0, 0.1) is 5.41 Å². The molecule has 2 saturated heterocycles. The van der Waals surface area contributed by atoms with Crippen LogP contribution in [0.15, 0.2) is 0 Å². The van der Waals surface area contributed by atoms with Gasteiger partial charge in [-0.1, -0.05) is 0 Å². The Balaban J connectivity index is 1.76. The number of nitrogens with two attached hydrogens (primary N) is 1. The van der Waals surface area contributed by atoms with E-state index in [2.05, 4.69) is 24.1 Å². The fraction of sp³-hybridized carbons (Fsp3) is 0.933. The molecule has 0 bridgehead atoms. The van der Waals surface area contributed by atoms with Gasteiger partial charge in [0.1, 0.15) is 0 Å². The van der Waals surface area contributed by atoms with E-state index in [1.165, 1.54) is 0 Å². The molecule has 0 aromatic rings. The summed E-state index contributed by atoms with van der Waals surface area (Å²) in [6.07, 6.45) is 1.44. The Morgan fingerprint density at radius 1 is 1.29 bits per heavy atom. The summed E-state index contributed by atoms with van der Waals surface area (Å²) in [7, 11) is 0. The zero-order valence-corrected chi connectivity index (χ0v) is 13.3. The summed E-state index contributed by atoms with van der Waals surface area (Å²) in [6.45, 7) is 9.95. The second kappa shape index (κ2) is 7.05. The van der Waals surface area contributed by atoms with Crippen LogP contribution >= 0.6 is 0 Å². The van der Waals surface area contributed by atoms with Gasteiger partial charge in [0.05, 0.1) is 17.6 Å². The molecule has 122 valence electrons. The van der Waals surface area contributed by atoms with Crippen molar-refractivity contribution < 1.29 is 14.3 Å². The first kappa shape index (κ1) is 16.7. The lowest BCUT2D eigenvalue weighted by molar-refractivity contribution is -0.136. The van der Waals surface area contributed by atoms with Crippen molar-refractivity contribution in [3.8, 4) is 0 Å². The number of ether oxygens (including phenoxy) is 2. The maximum Gasteiger partial charge on any atom is 0.227 e. The first-order valence-corrected chi connectivity index (χ1v) is 7.90. The molecule has 0 atom stereocenters. The van der Waals surface area contributed by atoms with Crippen LogP contribution in [0.5, 0.6) is 0 Å². The van der Waals surface area contributed by atoms with E-state index >= 15 is 0 Å². The average Bonchev–Trinajstić information content (AvgIpc) is 2.47. The van der Waals surface area contributed by atoms with Crippen LogP contribution in [0.25, 0.3) is 0 Å². The van der Waals surface area contributed by atoms with Gasteiger partial charge in [0, 0.05) is 45.9 Å². The van der Waals surface area contributed by atoms with Gasteiger partial charge in [-0.2, -0.15) is 0 Å². The number of rotatable bonds is 5. The molecule has 6 heteroatoms. The quantitative estimate of drug-likeness (QED) is 0.745. The lowest BCUT2D eigenvalue weighted by Gasteiger charge is -2.38. The summed E-state index contributed by atoms with van der Waals surface area (Å²) in [5.74, 6) is 0.0841. The molecule has 2 fully saturated rings. The molecule has 2 heterocycles. The van der Waals surface area contributed by atoms with Crippen molar-refractivity contribution in [1.82, 2.24) is 10.2 Å². The summed E-state index contributed by atoms with van der Waals surface area (Å²) in [5.41, 5.74) is 5.32. The van der Waals surface area contributed by atoms with Crippen LogP contribution in [0.1, 0.15) is 26.7 Å². The maximum atomic E-state index is 12.4. The normalized spacial score (nSPS) is 25.5. The largest absolute Gasteiger partial charge is 0.381 e. The monoisotopic (exact) mass is 299 g/mol. The number of hydrogen-bond acceptors (Lipinski definition) is 5. The molecule has 1 amide bonds. The van der Waals surface area contributed by atoms with E-state index in [-0.39, 0.29) is 11.5 Å². The number of nitrogens with one attached hydrogen (secondary N) is 1. The molecule has 0 aliphatic carbocycles. The summed E-state index contributed by atoms with van der Waals surface area (Å²) in [4.78, 5) is 14.8. The van der Waals surface area contributed by atoms with Gasteiger partial charge in [0.25, 0.3) is 0 Å². The third-order valence-electron chi connectivity index (χ3n) is 4.54. The highest BCUT2D eigenvalue weighted by molar-refractivity contribution is 5.83. The van der Waals surface area contributed by atoms with E-state index < -0.39 is 5.41 Å². The molecule has 0 unspecified atom stereocenters. The van der Waals surface area contributed by atoms with Crippen molar-refractivity contribution in [2.45, 2.75) is 32.3 Å². The van der Waals surface area contributed by atoms with Crippen molar-refractivity contribution in [2.24, 2.45) is 11.1 Å². The van der Waals surface area contributed by atoms with E-state index in [0.717, 1.165) is 39.1 Å². The maximum absolute atomic E-state index is 12.4. The van der Waals surface area contributed by atoms with Crippen LogP contribution < -0.4 is 11.1 Å². The van der Waals surface area contributed by atoms with Gasteiger partial charge < -0.3 is 20.5 Å². The number of morpholine rings is 1. The highest BCUT2D eigenvalue weighted by atomic mass is 16.5. The third-order valence-corrected chi connectivity index (χ3v) is 4.54. The Hall–Kier alpha value is -0.690. The lowest BCUT2D eigenvalue weighted by atomic mass is 9.79. The number of carbonyl (C=O) groups is 1. The number of carbonyl (C=O) groups excluding carboxylic acids is 1. The van der Waals surface area contributed by atoms with Gasteiger partial charge >= 0.3 is 0 Å². The van der Waals surface area contributed by atoms with Crippen molar-refractivity contribution in [3.63, 3.8) is 0 Å². The minimum absolute atomic E-state index is 0.0841. The Labute approximate surface area is 127 Å². The average molecular weight is 299 g/mol. The SMILES string of the molecule is CC1(C)CN(CCNC(=O)C2(CN)CCOCC2)CCO1. The minimum atomic E-state index is -0.428. The molecule has 0 radical (unpaired) electrons. The number of nitrogens with zero attached hydrogens (tertiary/aromatic N) is 1. The molecule has 6 nitrogen and oxygen atoms in total. The van der Waals surface area contributed by atoms with Gasteiger partial charge in [-0.15, -0.1) is 0 Å². The van der Waals surface area contributed by atoms with Crippen LogP contribution in [-0.4, -0.2) is 69.0 Å². The molecular formula is C15H29N3O3. The smallest absolute Gasteiger partial charge is 0.227 e. The van der Waals surface area contributed by atoms with E-state index in [1.807, 2.05) is 0 Å². The standard InChI is InChI=1S/C15H29N3O3/c1-14(2)12-18(7-10-21-14)6-5-17-13(19)15(11-16)3-8-20-9-4-15/h3-12,16H2,1-2H3,(H,17,19). The fourth-order valence-corrected chi connectivity index (χ4v) is 3.11. The molecule has 0 aromatic heterocycles. The number of hydrogen-bond donors (Lipinski definition) is 2. The predicted octanol–water partition coefficient (Wildman–Crippen LogP) is -0.0311. The zero-order chi connectivity index (χ0) is 15.3. The Morgan fingerprint density at radius 2 is 2.00 bits per heavy atom. The van der Waals surface area contributed by atoms with Crippen LogP contribution in [-0.2, 0) is 14.3 Å². The Morgan fingerprint density at radius 3 is 2.62 bits per heavy atom. The molecule has 2 aliphatic heterocycles. The van der Waals surface area contributed by atoms with Crippen LogP contribution in [0.3, 0.4) is 0 Å². The molecule has 3 N–H and O–H groups in total. The molecular weight excluding hydrogens is 270 g/mol. The second-order valence-corrected chi connectivity index (χ2v) is 6.74. The second-order valence-electron chi connectivity index (χ2n) is 6.74. The predicted molar refractivity (Wildman–Crippen MR) is 81.0 cm³/mol. The van der Waals surface area contributed by atoms with Gasteiger partial charge in [0.2, 0.25) is 5.91 Å². The lowest BCUT2D eigenvalue weighted by Crippen LogP contribution is -2.52. The highest BCUT2D eigenvalue weighted by Gasteiger charge is 2.38. The van der Waals surface area contributed by atoms with Crippen molar-refractivity contribution in [3.05, 3.63) is 0 Å². The summed E-state index contributed by atoms with van der Waals surface area (Å²) < 4.78 is 11.0. The first-order chi connectivity index (χ1) is 9.97. The molecule has 21 heavy (non-hydrogen) atoms. The van der Waals surface area contributed by atoms with Crippen molar-refractivity contribution in [2.75, 3.05) is 52.5 Å². The topological polar surface area (TPSA) is 76.8 Å². The van der Waals surface area contributed by atoms with Crippen LogP contribution in [0.4, 0.5) is 0 Å². The van der Waals surface area contributed by atoms with E-state index in [4.69, 9.17) is 15.2 Å². The van der Waals surface area contributed by atoms with E-state index in [9.17, 15) is 4.79 Å². The summed E-state index contributed by atoms with van der Waals surface area (Å²) in [5, 5.41) is 3.06. The zero-order valence-electron chi connectivity index (χ0n) is 13.3. The molecule has 0 spiro atoms. The van der Waals surface area contributed by atoms with Gasteiger partial charge in [-0.25, -0.2) is 0 Å². The van der Waals surface area contributed by atoms with Gasteiger partial charge in [-0.3, -0.25) is 9.69 Å². The van der Waals surface area contributed by atoms with E-state index in [0.29, 0.717) is 26.3 Å². The van der Waals surface area contributed by atoms with E-state index in [1.54, 1.807) is 0 Å². The molecule has 0 aromatic carbocycles. The minimum Gasteiger partial charge on any atom is -0.381 e. The van der Waals surface area contributed by atoms with Gasteiger partial charge in [0.15, 0.2) is 0 Å². The molecule has 2 aliphatic rings. The van der Waals surface area contributed by atoms with Crippen molar-refractivity contribution >= 4 is 5.91 Å². The van der Waals surface area contributed by atoms with Gasteiger partial charge in [-0.05, 0) is 26.7 Å². The van der Waals surface area contributed by atoms with Crippen LogP contribution in [0.2, 0.25) is 0 Å². The summed E-state index contributed by atoms with van der Waals surface area (Å²) in [6, 6.07) is 0. The molecule has 2 rings (SSSR count).